The molecule has 0 fully saturated rings. The van der Waals surface area contributed by atoms with Gasteiger partial charge in [-0.3, -0.25) is 9.78 Å². The minimum Gasteiger partial charge on any atom is -0.456 e. The fraction of sp³-hybridized carbons (Fsp3) is 0.0909. The van der Waals surface area contributed by atoms with Crippen LogP contribution >= 0.6 is 0 Å². The zero-order chi connectivity index (χ0) is 19.9. The maximum absolute atomic E-state index is 13.6. The molecule has 1 unspecified atom stereocenters. The second-order valence-electron chi connectivity index (χ2n) is 6.07. The highest BCUT2D eigenvalue weighted by Gasteiger charge is 2.10. The van der Waals surface area contributed by atoms with Gasteiger partial charge in [0, 0.05) is 17.8 Å². The Hall–Kier alpha value is -3.54. The third kappa shape index (κ3) is 5.01. The molecule has 0 radical (unpaired) electrons. The molecule has 0 bridgehead atoms. The van der Waals surface area contributed by atoms with Crippen LogP contribution in [0.3, 0.4) is 0 Å². The third-order valence-electron chi connectivity index (χ3n) is 3.98. The van der Waals surface area contributed by atoms with Gasteiger partial charge in [-0.15, -0.1) is 0 Å². The van der Waals surface area contributed by atoms with E-state index in [0.717, 1.165) is 11.6 Å². The molecule has 0 aliphatic carbocycles. The van der Waals surface area contributed by atoms with Crippen molar-refractivity contribution < 1.29 is 18.3 Å². The molecule has 142 valence electrons. The van der Waals surface area contributed by atoms with Crippen LogP contribution in [0.4, 0.5) is 8.78 Å². The van der Waals surface area contributed by atoms with Gasteiger partial charge in [-0.05, 0) is 48.9 Å². The second-order valence-corrected chi connectivity index (χ2v) is 6.07. The number of benzene rings is 2. The molecule has 3 rings (SSSR count). The lowest BCUT2D eigenvalue weighted by molar-refractivity contribution is -0.117. The number of nitrogens with zero attached hydrogens (tertiary/aromatic N) is 1. The number of hydrogen-bond donors (Lipinski definition) is 1. The summed E-state index contributed by atoms with van der Waals surface area (Å²) in [4.78, 5) is 16.1. The lowest BCUT2D eigenvalue weighted by Crippen LogP contribution is -2.24. The molecule has 6 heteroatoms. The number of carbonyl (C=O) groups excluding carboxylic acids is 1. The van der Waals surface area contributed by atoms with E-state index >= 15 is 0 Å². The van der Waals surface area contributed by atoms with E-state index in [1.54, 1.807) is 30.6 Å². The van der Waals surface area contributed by atoms with Crippen molar-refractivity contribution in [3.8, 4) is 11.5 Å². The molecule has 1 amide bonds. The first kappa shape index (κ1) is 19.2. The summed E-state index contributed by atoms with van der Waals surface area (Å²) in [5.41, 5.74) is 0.842. The fourth-order valence-corrected chi connectivity index (χ4v) is 2.55. The van der Waals surface area contributed by atoms with E-state index in [-0.39, 0.29) is 11.6 Å². The first-order valence-corrected chi connectivity index (χ1v) is 8.63. The molecule has 0 aliphatic heterocycles. The Kier molecular flexibility index (Phi) is 6.11. The average Bonchev–Trinajstić information content (AvgIpc) is 2.70. The molecular formula is C22H18F2N2O2. The predicted octanol–water partition coefficient (Wildman–Crippen LogP) is 5.04. The Morgan fingerprint density at radius 3 is 2.68 bits per heavy atom. The molecule has 0 spiro atoms. The zero-order valence-electron chi connectivity index (χ0n) is 15.1. The van der Waals surface area contributed by atoms with Gasteiger partial charge < -0.3 is 10.1 Å². The van der Waals surface area contributed by atoms with Crippen LogP contribution in [-0.4, -0.2) is 10.9 Å². The highest BCUT2D eigenvalue weighted by molar-refractivity contribution is 5.92. The lowest BCUT2D eigenvalue weighted by atomic mass is 10.1. The van der Waals surface area contributed by atoms with Gasteiger partial charge >= 0.3 is 0 Å². The summed E-state index contributed by atoms with van der Waals surface area (Å²) >= 11 is 0. The number of ether oxygens (including phenoxy) is 1. The summed E-state index contributed by atoms with van der Waals surface area (Å²) in [7, 11) is 0. The van der Waals surface area contributed by atoms with Gasteiger partial charge in [0.25, 0.3) is 0 Å². The number of aromatic nitrogens is 1. The number of carbonyl (C=O) groups is 1. The third-order valence-corrected chi connectivity index (χ3v) is 3.98. The summed E-state index contributed by atoms with van der Waals surface area (Å²) in [5.74, 6) is -1.14. The van der Waals surface area contributed by atoms with Crippen molar-refractivity contribution in [2.45, 2.75) is 13.0 Å². The topological polar surface area (TPSA) is 51.2 Å². The molecule has 1 heterocycles. The van der Waals surface area contributed by atoms with Crippen LogP contribution in [-0.2, 0) is 4.79 Å². The van der Waals surface area contributed by atoms with Crippen LogP contribution < -0.4 is 10.1 Å². The van der Waals surface area contributed by atoms with Crippen LogP contribution in [0.2, 0.25) is 0 Å². The largest absolute Gasteiger partial charge is 0.456 e. The van der Waals surface area contributed by atoms with E-state index in [0.29, 0.717) is 11.5 Å². The van der Waals surface area contributed by atoms with E-state index in [1.807, 2.05) is 25.1 Å². The van der Waals surface area contributed by atoms with Crippen LogP contribution in [0.15, 0.2) is 73.1 Å². The quantitative estimate of drug-likeness (QED) is 0.610. The van der Waals surface area contributed by atoms with Gasteiger partial charge in [0.1, 0.15) is 11.5 Å². The van der Waals surface area contributed by atoms with Gasteiger partial charge in [-0.25, -0.2) is 8.78 Å². The first-order chi connectivity index (χ1) is 13.5. The molecule has 28 heavy (non-hydrogen) atoms. The number of halogens is 2. The molecule has 4 nitrogen and oxygen atoms in total. The van der Waals surface area contributed by atoms with Crippen molar-refractivity contribution in [3.05, 3.63) is 95.8 Å². The molecule has 0 aliphatic rings. The maximum atomic E-state index is 13.6. The summed E-state index contributed by atoms with van der Waals surface area (Å²) < 4.78 is 32.6. The van der Waals surface area contributed by atoms with E-state index in [2.05, 4.69) is 10.3 Å². The van der Waals surface area contributed by atoms with E-state index in [1.165, 1.54) is 24.3 Å². The van der Waals surface area contributed by atoms with E-state index < -0.39 is 17.5 Å². The SMILES string of the molecule is CC(NC(=O)C=Cc1cccc(F)c1F)c1cccc(Oc2cccnc2)c1. The van der Waals surface area contributed by atoms with Crippen LogP contribution in [0.1, 0.15) is 24.1 Å². The molecule has 0 saturated carbocycles. The van der Waals surface area contributed by atoms with Gasteiger partial charge in [-0.1, -0.05) is 24.3 Å². The van der Waals surface area contributed by atoms with Crippen LogP contribution in [0.5, 0.6) is 11.5 Å². The summed E-state index contributed by atoms with van der Waals surface area (Å²) in [5, 5.41) is 2.78. The van der Waals surface area contributed by atoms with Crippen molar-refractivity contribution in [1.29, 1.82) is 0 Å². The van der Waals surface area contributed by atoms with E-state index in [9.17, 15) is 13.6 Å². The predicted molar refractivity (Wildman–Crippen MR) is 103 cm³/mol. The van der Waals surface area contributed by atoms with Gasteiger partial charge in [0.2, 0.25) is 5.91 Å². The molecular weight excluding hydrogens is 362 g/mol. The van der Waals surface area contributed by atoms with Crippen molar-refractivity contribution in [2.24, 2.45) is 0 Å². The van der Waals surface area contributed by atoms with Crippen molar-refractivity contribution in [3.63, 3.8) is 0 Å². The van der Waals surface area contributed by atoms with Crippen molar-refractivity contribution in [2.75, 3.05) is 0 Å². The molecule has 1 atom stereocenters. The Morgan fingerprint density at radius 2 is 1.89 bits per heavy atom. The maximum Gasteiger partial charge on any atom is 0.244 e. The van der Waals surface area contributed by atoms with E-state index in [4.69, 9.17) is 4.74 Å². The summed E-state index contributed by atoms with van der Waals surface area (Å²) in [6, 6.07) is 14.3. The van der Waals surface area contributed by atoms with Crippen LogP contribution in [0.25, 0.3) is 6.08 Å². The fourth-order valence-electron chi connectivity index (χ4n) is 2.55. The number of rotatable bonds is 6. The normalized spacial score (nSPS) is 12.0. The Balaban J connectivity index is 1.64. The van der Waals surface area contributed by atoms with Crippen LogP contribution in [0, 0.1) is 11.6 Å². The lowest BCUT2D eigenvalue weighted by Gasteiger charge is -2.14. The Morgan fingerprint density at radius 1 is 1.11 bits per heavy atom. The molecule has 1 N–H and O–H groups in total. The standard InChI is InChI=1S/C22H18F2N2O2/c1-15(26-21(27)11-10-16-5-3-9-20(23)22(16)24)17-6-2-7-18(13-17)28-19-8-4-12-25-14-19/h2-15H,1H3,(H,26,27). The summed E-state index contributed by atoms with van der Waals surface area (Å²) in [6.45, 7) is 1.82. The second kappa shape index (κ2) is 8.90. The minimum absolute atomic E-state index is 0.00895. The average molecular weight is 380 g/mol. The summed E-state index contributed by atoms with van der Waals surface area (Å²) in [6.07, 6.45) is 5.67. The van der Waals surface area contributed by atoms with Gasteiger partial charge in [0.05, 0.1) is 12.2 Å². The molecule has 3 aromatic rings. The van der Waals surface area contributed by atoms with Crippen molar-refractivity contribution >= 4 is 12.0 Å². The monoisotopic (exact) mass is 380 g/mol. The number of pyridine rings is 1. The van der Waals surface area contributed by atoms with Gasteiger partial charge in [-0.2, -0.15) is 0 Å². The zero-order valence-corrected chi connectivity index (χ0v) is 15.1. The first-order valence-electron chi connectivity index (χ1n) is 8.63. The highest BCUT2D eigenvalue weighted by atomic mass is 19.2. The number of hydrogen-bond acceptors (Lipinski definition) is 3. The molecule has 2 aromatic carbocycles. The molecule has 1 aromatic heterocycles. The smallest absolute Gasteiger partial charge is 0.244 e. The van der Waals surface area contributed by atoms with Gasteiger partial charge in [0.15, 0.2) is 11.6 Å². The Labute approximate surface area is 161 Å². The number of nitrogens with one attached hydrogen (secondary N) is 1. The number of amides is 1. The van der Waals surface area contributed by atoms with Crippen molar-refractivity contribution in [1.82, 2.24) is 10.3 Å². The highest BCUT2D eigenvalue weighted by Crippen LogP contribution is 2.24. The molecule has 0 saturated heterocycles. The minimum atomic E-state index is -0.986. The Bertz CT molecular complexity index is 991.